The van der Waals surface area contributed by atoms with Crippen molar-refractivity contribution in [3.05, 3.63) is 89.2 Å². The molecule has 0 bridgehead atoms. The molecule has 1 aliphatic carbocycles. The second kappa shape index (κ2) is 8.32. The highest BCUT2D eigenvalue weighted by atomic mass is 19.1. The standard InChI is InChI=1S/C33H29FN2O2/c1-18-8-14-25-24(16-18)28-30-29(22-6-4-5-7-23(22)32(28)38-33(25,2)3)35-26-15-11-20(17-27(26)36-30)31(37)19-9-12-21(34)13-10-19/h4-7,9-13,15,17-18,24-25H,8,14,16H2,1-3H3. The number of halogens is 1. The Kier molecular flexibility index (Phi) is 5.10. The topological polar surface area (TPSA) is 52.1 Å². The Labute approximate surface area is 220 Å². The number of fused-ring (bicyclic) bond motifs is 9. The lowest BCUT2D eigenvalue weighted by Gasteiger charge is -2.49. The van der Waals surface area contributed by atoms with E-state index in [1.807, 2.05) is 18.2 Å². The van der Waals surface area contributed by atoms with Gasteiger partial charge in [-0.3, -0.25) is 4.79 Å². The normalized spacial score (nSPS) is 22.2. The second-order valence-corrected chi connectivity index (χ2v) is 11.6. The van der Waals surface area contributed by atoms with E-state index in [9.17, 15) is 9.18 Å². The third-order valence-corrected chi connectivity index (χ3v) is 8.70. The molecule has 2 aliphatic rings. The van der Waals surface area contributed by atoms with E-state index in [0.29, 0.717) is 34.4 Å². The van der Waals surface area contributed by atoms with Gasteiger partial charge in [0, 0.05) is 33.4 Å². The van der Waals surface area contributed by atoms with Crippen LogP contribution >= 0.6 is 0 Å². The van der Waals surface area contributed by atoms with Gasteiger partial charge in [0.25, 0.3) is 0 Å². The molecule has 1 saturated carbocycles. The van der Waals surface area contributed by atoms with Crippen molar-refractivity contribution in [3.63, 3.8) is 0 Å². The van der Waals surface area contributed by atoms with Gasteiger partial charge in [-0.05, 0) is 81.0 Å². The number of aromatic nitrogens is 2. The van der Waals surface area contributed by atoms with Gasteiger partial charge in [0.2, 0.25) is 0 Å². The molecule has 2 heterocycles. The van der Waals surface area contributed by atoms with Crippen LogP contribution in [0.25, 0.3) is 32.8 Å². The molecule has 5 heteroatoms. The molecule has 1 fully saturated rings. The molecule has 3 atom stereocenters. The highest BCUT2D eigenvalue weighted by Crippen LogP contribution is 2.56. The first kappa shape index (κ1) is 23.3. The fourth-order valence-corrected chi connectivity index (χ4v) is 6.80. The van der Waals surface area contributed by atoms with E-state index in [-0.39, 0.29) is 17.2 Å². The monoisotopic (exact) mass is 504 g/mol. The zero-order chi connectivity index (χ0) is 26.2. The molecule has 5 aromatic rings. The molecule has 1 aliphatic heterocycles. The third-order valence-electron chi connectivity index (χ3n) is 8.70. The van der Waals surface area contributed by atoms with Gasteiger partial charge in [0.05, 0.1) is 22.1 Å². The molecule has 0 spiro atoms. The summed E-state index contributed by atoms with van der Waals surface area (Å²) >= 11 is 0. The Morgan fingerprint density at radius 3 is 2.39 bits per heavy atom. The minimum Gasteiger partial charge on any atom is -0.487 e. The molecule has 0 N–H and O–H groups in total. The number of carbonyl (C=O) groups is 1. The minimum atomic E-state index is -0.366. The van der Waals surface area contributed by atoms with Crippen molar-refractivity contribution < 1.29 is 13.9 Å². The van der Waals surface area contributed by atoms with Gasteiger partial charge < -0.3 is 4.74 Å². The summed E-state index contributed by atoms with van der Waals surface area (Å²) in [6, 6.07) is 19.4. The van der Waals surface area contributed by atoms with E-state index >= 15 is 0 Å². The van der Waals surface area contributed by atoms with Crippen LogP contribution in [-0.2, 0) is 0 Å². The van der Waals surface area contributed by atoms with Crippen LogP contribution in [0.1, 0.15) is 67.4 Å². The lowest BCUT2D eigenvalue weighted by molar-refractivity contribution is -0.0115. The lowest BCUT2D eigenvalue weighted by atomic mass is 9.64. The Morgan fingerprint density at radius 2 is 1.61 bits per heavy atom. The third kappa shape index (κ3) is 3.52. The number of rotatable bonds is 2. The smallest absolute Gasteiger partial charge is 0.193 e. The quantitative estimate of drug-likeness (QED) is 0.139. The van der Waals surface area contributed by atoms with Crippen LogP contribution < -0.4 is 4.74 Å². The number of hydrogen-bond acceptors (Lipinski definition) is 4. The number of benzene rings is 4. The summed E-state index contributed by atoms with van der Waals surface area (Å²) in [7, 11) is 0. The molecule has 4 aromatic carbocycles. The van der Waals surface area contributed by atoms with Crippen molar-refractivity contribution in [2.45, 2.75) is 51.6 Å². The maximum Gasteiger partial charge on any atom is 0.193 e. The van der Waals surface area contributed by atoms with Crippen molar-refractivity contribution in [1.82, 2.24) is 9.97 Å². The highest BCUT2D eigenvalue weighted by Gasteiger charge is 2.47. The summed E-state index contributed by atoms with van der Waals surface area (Å²) in [6.07, 6.45) is 3.43. The van der Waals surface area contributed by atoms with Gasteiger partial charge in [0.15, 0.2) is 5.78 Å². The van der Waals surface area contributed by atoms with Gasteiger partial charge in [0.1, 0.15) is 17.2 Å². The van der Waals surface area contributed by atoms with Crippen LogP contribution in [0.15, 0.2) is 66.7 Å². The lowest BCUT2D eigenvalue weighted by Crippen LogP contribution is -2.46. The number of nitrogens with zero attached hydrogens (tertiary/aromatic N) is 2. The van der Waals surface area contributed by atoms with Crippen molar-refractivity contribution >= 4 is 38.6 Å². The first-order valence-electron chi connectivity index (χ1n) is 13.5. The van der Waals surface area contributed by atoms with E-state index < -0.39 is 0 Å². The van der Waals surface area contributed by atoms with E-state index in [1.165, 1.54) is 36.2 Å². The molecule has 3 unspecified atom stereocenters. The van der Waals surface area contributed by atoms with E-state index in [2.05, 4.69) is 39.0 Å². The molecular formula is C33H29FN2O2. The largest absolute Gasteiger partial charge is 0.487 e. The molecule has 190 valence electrons. The first-order valence-corrected chi connectivity index (χ1v) is 13.5. The van der Waals surface area contributed by atoms with Crippen molar-refractivity contribution in [2.24, 2.45) is 11.8 Å². The highest BCUT2D eigenvalue weighted by molar-refractivity contribution is 6.13. The predicted molar refractivity (Wildman–Crippen MR) is 148 cm³/mol. The zero-order valence-electron chi connectivity index (χ0n) is 21.8. The summed E-state index contributed by atoms with van der Waals surface area (Å²) in [5.74, 6) is 1.77. The summed E-state index contributed by atoms with van der Waals surface area (Å²) in [6.45, 7) is 6.79. The van der Waals surface area contributed by atoms with E-state index in [0.717, 1.165) is 45.9 Å². The van der Waals surface area contributed by atoms with E-state index in [4.69, 9.17) is 14.7 Å². The van der Waals surface area contributed by atoms with E-state index in [1.54, 1.807) is 6.07 Å². The second-order valence-electron chi connectivity index (χ2n) is 11.6. The van der Waals surface area contributed by atoms with Crippen LogP contribution in [0.2, 0.25) is 0 Å². The van der Waals surface area contributed by atoms with Gasteiger partial charge in [-0.15, -0.1) is 0 Å². The summed E-state index contributed by atoms with van der Waals surface area (Å²) in [5, 5.41) is 2.11. The van der Waals surface area contributed by atoms with Gasteiger partial charge >= 0.3 is 0 Å². The molecule has 7 rings (SSSR count). The van der Waals surface area contributed by atoms with Crippen molar-refractivity contribution in [1.29, 1.82) is 0 Å². The predicted octanol–water partition coefficient (Wildman–Crippen LogP) is 8.00. The molecule has 0 radical (unpaired) electrons. The number of ketones is 1. The zero-order valence-corrected chi connectivity index (χ0v) is 21.8. The van der Waals surface area contributed by atoms with Crippen molar-refractivity contribution in [2.75, 3.05) is 0 Å². The summed E-state index contributed by atoms with van der Waals surface area (Å²) in [5.41, 5.74) is 5.01. The average molecular weight is 505 g/mol. The Morgan fingerprint density at radius 1 is 0.895 bits per heavy atom. The molecular weight excluding hydrogens is 475 g/mol. The molecule has 0 saturated heterocycles. The van der Waals surface area contributed by atoms with Gasteiger partial charge in [-0.1, -0.05) is 37.6 Å². The fraction of sp³-hybridized carbons (Fsp3) is 0.303. The summed E-state index contributed by atoms with van der Waals surface area (Å²) < 4.78 is 20.2. The fourth-order valence-electron chi connectivity index (χ4n) is 6.80. The Balaban J connectivity index is 1.49. The molecule has 4 nitrogen and oxygen atoms in total. The minimum absolute atomic E-state index is 0.166. The SMILES string of the molecule is CC1CCC2C(C1)c1c(c3ccccc3c3nc4ccc(C(=O)c5ccc(F)cc5)cc4nc13)OC2(C)C. The maximum atomic E-state index is 13.4. The van der Waals surface area contributed by atoms with Crippen LogP contribution in [0.4, 0.5) is 4.39 Å². The Hall–Kier alpha value is -3.86. The number of carbonyl (C=O) groups excluding carboxylic acids is 1. The van der Waals surface area contributed by atoms with Gasteiger partial charge in [-0.2, -0.15) is 0 Å². The molecule has 38 heavy (non-hydrogen) atoms. The van der Waals surface area contributed by atoms with Crippen LogP contribution in [0.5, 0.6) is 5.75 Å². The number of hydrogen-bond donors (Lipinski definition) is 0. The molecule has 1 aromatic heterocycles. The van der Waals surface area contributed by atoms with Gasteiger partial charge in [-0.25, -0.2) is 14.4 Å². The molecule has 0 amide bonds. The van der Waals surface area contributed by atoms with Crippen LogP contribution in [0.3, 0.4) is 0 Å². The Bertz CT molecular complexity index is 1760. The van der Waals surface area contributed by atoms with Crippen LogP contribution in [-0.4, -0.2) is 21.4 Å². The summed E-state index contributed by atoms with van der Waals surface area (Å²) in [4.78, 5) is 23.5. The first-order chi connectivity index (χ1) is 18.3. The average Bonchev–Trinajstić information content (AvgIpc) is 2.91. The maximum absolute atomic E-state index is 13.4. The number of ether oxygens (including phenoxy) is 1. The van der Waals surface area contributed by atoms with Crippen LogP contribution in [0, 0.1) is 17.7 Å². The van der Waals surface area contributed by atoms with Crippen molar-refractivity contribution in [3.8, 4) is 5.75 Å².